The predicted molar refractivity (Wildman–Crippen MR) is 170 cm³/mol. The van der Waals surface area contributed by atoms with Crippen LogP contribution in [0.15, 0.2) is 63.9 Å². The van der Waals surface area contributed by atoms with Gasteiger partial charge in [0.15, 0.2) is 0 Å². The van der Waals surface area contributed by atoms with E-state index in [1.165, 1.54) is 5.56 Å². The Bertz CT molecular complexity index is 1710. The molecule has 0 saturated carbocycles. The van der Waals surface area contributed by atoms with Crippen molar-refractivity contribution in [3.05, 3.63) is 98.6 Å². The number of hydrogen-bond acceptors (Lipinski definition) is 7. The average Bonchev–Trinajstić information content (AvgIpc) is 3.68. The molecule has 2 fully saturated rings. The van der Waals surface area contributed by atoms with Crippen molar-refractivity contribution < 1.29 is 23.5 Å². The summed E-state index contributed by atoms with van der Waals surface area (Å²) in [5.74, 6) is 2.32. The number of nitrogens with one attached hydrogen (secondary N) is 1. The van der Waals surface area contributed by atoms with Crippen molar-refractivity contribution in [1.82, 2.24) is 10.2 Å². The number of carbonyl (C=O) groups excluding carboxylic acids is 2. The number of furan rings is 1. The molecule has 222 valence electrons. The Morgan fingerprint density at radius 1 is 0.977 bits per heavy atom. The van der Waals surface area contributed by atoms with E-state index in [1.54, 1.807) is 6.08 Å². The van der Waals surface area contributed by atoms with E-state index in [9.17, 15) is 9.59 Å². The summed E-state index contributed by atoms with van der Waals surface area (Å²) in [6.07, 6.45) is 3.91. The number of imide groups is 1. The number of amides is 2. The molecule has 0 bridgehead atoms. The van der Waals surface area contributed by atoms with E-state index in [4.69, 9.17) is 13.9 Å². The highest BCUT2D eigenvalue weighted by atomic mass is 32.2. The fraction of sp³-hybridized carbons (Fsp3) is 0.314. The van der Waals surface area contributed by atoms with Crippen molar-refractivity contribution >= 4 is 40.0 Å². The quantitative estimate of drug-likeness (QED) is 0.199. The summed E-state index contributed by atoms with van der Waals surface area (Å²) >= 11 is 0.918. The van der Waals surface area contributed by atoms with Crippen LogP contribution in [-0.2, 0) is 17.9 Å². The molecule has 7 nitrogen and oxygen atoms in total. The summed E-state index contributed by atoms with van der Waals surface area (Å²) in [6, 6.07) is 18.2. The third-order valence-electron chi connectivity index (χ3n) is 8.52. The molecule has 2 saturated heterocycles. The number of carbonyl (C=O) groups is 2. The zero-order valence-electron chi connectivity index (χ0n) is 25.0. The summed E-state index contributed by atoms with van der Waals surface area (Å²) in [5, 5.41) is 3.10. The van der Waals surface area contributed by atoms with Crippen molar-refractivity contribution in [1.29, 1.82) is 0 Å². The number of thioether (sulfide) groups is 1. The maximum Gasteiger partial charge on any atom is 0.290 e. The van der Waals surface area contributed by atoms with Gasteiger partial charge in [0, 0.05) is 29.1 Å². The normalized spacial score (nSPS) is 18.1. The first-order chi connectivity index (χ1) is 20.8. The largest absolute Gasteiger partial charge is 0.492 e. The monoisotopic (exact) mass is 596 g/mol. The molecule has 3 heterocycles. The van der Waals surface area contributed by atoms with Crippen LogP contribution in [-0.4, -0.2) is 35.2 Å². The number of likely N-dealkylation sites (tertiary alicyclic amines) is 1. The highest BCUT2D eigenvalue weighted by Crippen LogP contribution is 2.40. The second-order valence-electron chi connectivity index (χ2n) is 11.3. The van der Waals surface area contributed by atoms with E-state index >= 15 is 0 Å². The lowest BCUT2D eigenvalue weighted by Gasteiger charge is -2.25. The van der Waals surface area contributed by atoms with Gasteiger partial charge in [-0.05, 0) is 99.3 Å². The lowest BCUT2D eigenvalue weighted by molar-refractivity contribution is -0.115. The van der Waals surface area contributed by atoms with Crippen LogP contribution in [0.25, 0.3) is 17.0 Å². The van der Waals surface area contributed by atoms with Gasteiger partial charge >= 0.3 is 0 Å². The Labute approximate surface area is 256 Å². The minimum Gasteiger partial charge on any atom is -0.492 e. The van der Waals surface area contributed by atoms with Crippen LogP contribution < -0.4 is 14.8 Å². The molecule has 2 aliphatic heterocycles. The molecule has 0 radical (unpaired) electrons. The molecular formula is C35H36N2O5S. The molecule has 2 aliphatic rings. The third-order valence-corrected chi connectivity index (χ3v) is 9.33. The smallest absolute Gasteiger partial charge is 0.290 e. The summed E-state index contributed by atoms with van der Waals surface area (Å²) < 4.78 is 19.0. The van der Waals surface area contributed by atoms with Gasteiger partial charge in [0.2, 0.25) is 0 Å². The molecule has 6 rings (SSSR count). The molecular weight excluding hydrogens is 560 g/mol. The Morgan fingerprint density at radius 2 is 1.74 bits per heavy atom. The molecule has 1 atom stereocenters. The lowest BCUT2D eigenvalue weighted by Crippen LogP contribution is -2.33. The SMILES string of the molecule is Cc1oc2c(C)c(C)c(OCc3ccccc3)c(C)c2c1CN1CCC[C@H]1COc1ccc(/C=C2/SC(=O)NC2=O)cc1. The van der Waals surface area contributed by atoms with E-state index in [2.05, 4.69) is 50.0 Å². The molecule has 1 N–H and O–H groups in total. The second-order valence-corrected chi connectivity index (χ2v) is 12.3. The summed E-state index contributed by atoms with van der Waals surface area (Å²) in [5.41, 5.74) is 7.53. The second kappa shape index (κ2) is 12.3. The van der Waals surface area contributed by atoms with Crippen molar-refractivity contribution in [2.45, 2.75) is 59.7 Å². The number of rotatable bonds is 9. The summed E-state index contributed by atoms with van der Waals surface area (Å²) in [4.78, 5) is 26.2. The first kappa shape index (κ1) is 29.1. The Balaban J connectivity index is 1.16. The number of aryl methyl sites for hydroxylation is 3. The minimum absolute atomic E-state index is 0.288. The van der Waals surface area contributed by atoms with Crippen LogP contribution in [0.5, 0.6) is 11.5 Å². The maximum absolute atomic E-state index is 11.8. The van der Waals surface area contributed by atoms with Gasteiger partial charge in [-0.2, -0.15) is 0 Å². The van der Waals surface area contributed by atoms with E-state index in [-0.39, 0.29) is 17.2 Å². The van der Waals surface area contributed by atoms with Crippen LogP contribution in [0.3, 0.4) is 0 Å². The number of fused-ring (bicyclic) bond motifs is 1. The zero-order chi connectivity index (χ0) is 30.1. The molecule has 0 unspecified atom stereocenters. The molecule has 0 aliphatic carbocycles. The standard InChI is InChI=1S/C35H36N2O5S/c1-21-22(2)33-31(23(3)32(21)41-19-26-9-6-5-7-10-26)29(24(4)42-33)18-37-16-8-11-27(37)20-40-28-14-12-25(13-15-28)17-30-34(38)36-35(39)43-30/h5-7,9-10,12-15,17,27H,8,11,16,18-20H2,1-4H3,(H,36,38,39)/b30-17+/t27-/m0/s1. The van der Waals surface area contributed by atoms with Crippen LogP contribution in [0.4, 0.5) is 4.79 Å². The first-order valence-corrected chi connectivity index (χ1v) is 15.5. The van der Waals surface area contributed by atoms with Gasteiger partial charge < -0.3 is 13.9 Å². The van der Waals surface area contributed by atoms with Gasteiger partial charge in [0.05, 0.1) is 4.91 Å². The zero-order valence-corrected chi connectivity index (χ0v) is 25.8. The number of nitrogens with zero attached hydrogens (tertiary/aromatic N) is 1. The molecule has 8 heteroatoms. The van der Waals surface area contributed by atoms with Gasteiger partial charge in [0.1, 0.15) is 36.1 Å². The van der Waals surface area contributed by atoms with E-state index in [0.29, 0.717) is 18.1 Å². The highest BCUT2D eigenvalue weighted by Gasteiger charge is 2.29. The van der Waals surface area contributed by atoms with Crippen molar-refractivity contribution in [3.8, 4) is 11.5 Å². The van der Waals surface area contributed by atoms with Crippen LogP contribution in [0, 0.1) is 27.7 Å². The van der Waals surface area contributed by atoms with Gasteiger partial charge in [0.25, 0.3) is 11.1 Å². The van der Waals surface area contributed by atoms with E-state index < -0.39 is 0 Å². The Kier molecular flexibility index (Phi) is 8.32. The molecule has 1 aromatic heterocycles. The van der Waals surface area contributed by atoms with Crippen LogP contribution in [0.1, 0.15) is 52.0 Å². The number of benzene rings is 3. The molecule has 43 heavy (non-hydrogen) atoms. The van der Waals surface area contributed by atoms with Crippen molar-refractivity contribution in [2.24, 2.45) is 0 Å². The van der Waals surface area contributed by atoms with Gasteiger partial charge in [-0.25, -0.2) is 0 Å². The number of hydrogen-bond donors (Lipinski definition) is 1. The predicted octanol–water partition coefficient (Wildman–Crippen LogP) is 7.61. The fourth-order valence-electron chi connectivity index (χ4n) is 6.03. The number of ether oxygens (including phenoxy) is 2. The molecule has 2 amide bonds. The van der Waals surface area contributed by atoms with E-state index in [0.717, 1.165) is 93.7 Å². The van der Waals surface area contributed by atoms with Crippen molar-refractivity contribution in [3.63, 3.8) is 0 Å². The van der Waals surface area contributed by atoms with Crippen LogP contribution >= 0.6 is 11.8 Å². The fourth-order valence-corrected chi connectivity index (χ4v) is 6.71. The van der Waals surface area contributed by atoms with Gasteiger partial charge in [-0.1, -0.05) is 42.5 Å². The Morgan fingerprint density at radius 3 is 2.47 bits per heavy atom. The average molecular weight is 597 g/mol. The molecule has 0 spiro atoms. The van der Waals surface area contributed by atoms with Gasteiger partial charge in [-0.3, -0.25) is 19.8 Å². The van der Waals surface area contributed by atoms with Crippen LogP contribution in [0.2, 0.25) is 0 Å². The summed E-state index contributed by atoms with van der Waals surface area (Å²) in [7, 11) is 0. The summed E-state index contributed by atoms with van der Waals surface area (Å²) in [6.45, 7) is 11.4. The van der Waals surface area contributed by atoms with E-state index in [1.807, 2.05) is 42.5 Å². The molecule has 3 aromatic carbocycles. The third kappa shape index (κ3) is 6.08. The Hall–Kier alpha value is -4.01. The topological polar surface area (TPSA) is 81.0 Å². The highest BCUT2D eigenvalue weighted by molar-refractivity contribution is 8.18. The molecule has 4 aromatic rings. The maximum atomic E-state index is 11.8. The van der Waals surface area contributed by atoms with Crippen molar-refractivity contribution in [2.75, 3.05) is 13.2 Å². The van der Waals surface area contributed by atoms with Gasteiger partial charge in [-0.15, -0.1) is 0 Å². The minimum atomic E-state index is -0.353. The first-order valence-electron chi connectivity index (χ1n) is 14.7. The lowest BCUT2D eigenvalue weighted by atomic mass is 9.97.